The Kier molecular flexibility index (Phi) is 3.04. The lowest BCUT2D eigenvalue weighted by Gasteiger charge is -1.99. The maximum atomic E-state index is 12.2. The predicted molar refractivity (Wildman–Crippen MR) is 51.3 cm³/mol. The summed E-state index contributed by atoms with van der Waals surface area (Å²) in [5.41, 5.74) is 0. The zero-order chi connectivity index (χ0) is 13.2. The lowest BCUT2D eigenvalue weighted by atomic mass is 10.4. The van der Waals surface area contributed by atoms with Crippen LogP contribution in [0.5, 0.6) is 0 Å². The topological polar surface area (TPSA) is 83.8 Å². The van der Waals surface area contributed by atoms with Gasteiger partial charge in [0.25, 0.3) is 11.7 Å². The van der Waals surface area contributed by atoms with Gasteiger partial charge in [-0.1, -0.05) is 0 Å². The van der Waals surface area contributed by atoms with Crippen LogP contribution in [0.4, 0.5) is 13.2 Å². The molecule has 0 saturated carbocycles. The maximum absolute atomic E-state index is 12.2. The van der Waals surface area contributed by atoms with Gasteiger partial charge in [-0.15, -0.1) is 5.10 Å². The monoisotopic (exact) mass is 260 g/mol. The number of furan rings is 1. The number of aromatic nitrogens is 3. The number of H-pyrrole nitrogens is 1. The molecule has 2 rings (SSSR count). The quantitative estimate of drug-likeness (QED) is 0.872. The van der Waals surface area contributed by atoms with Crippen molar-refractivity contribution in [2.45, 2.75) is 12.7 Å². The molecule has 1 amide bonds. The first-order valence-electron chi connectivity index (χ1n) is 4.77. The largest absolute Gasteiger partial charge is 0.459 e. The van der Waals surface area contributed by atoms with Crippen LogP contribution < -0.4 is 5.32 Å². The van der Waals surface area contributed by atoms with Gasteiger partial charge in [0.15, 0.2) is 5.76 Å². The second-order valence-corrected chi connectivity index (χ2v) is 3.26. The molecule has 18 heavy (non-hydrogen) atoms. The van der Waals surface area contributed by atoms with E-state index in [-0.39, 0.29) is 18.1 Å². The van der Waals surface area contributed by atoms with Crippen molar-refractivity contribution in [3.63, 3.8) is 0 Å². The smallest absolute Gasteiger partial charge is 0.453 e. The predicted octanol–water partition coefficient (Wildman–Crippen LogP) is 1.35. The van der Waals surface area contributed by atoms with E-state index in [0.717, 1.165) is 0 Å². The molecule has 2 heterocycles. The number of carbonyl (C=O) groups excluding carboxylic acids is 1. The van der Waals surface area contributed by atoms with Crippen molar-refractivity contribution in [1.29, 1.82) is 0 Å². The highest BCUT2D eigenvalue weighted by Crippen LogP contribution is 2.25. The van der Waals surface area contributed by atoms with E-state index >= 15 is 0 Å². The Bertz CT molecular complexity index is 532. The summed E-state index contributed by atoms with van der Waals surface area (Å²) in [7, 11) is 0. The van der Waals surface area contributed by atoms with Crippen LogP contribution >= 0.6 is 0 Å². The van der Waals surface area contributed by atoms with Gasteiger partial charge in [0.1, 0.15) is 5.82 Å². The molecule has 9 heteroatoms. The van der Waals surface area contributed by atoms with Crippen LogP contribution in [-0.2, 0) is 12.7 Å². The highest BCUT2D eigenvalue weighted by molar-refractivity contribution is 5.91. The van der Waals surface area contributed by atoms with Gasteiger partial charge in [-0.2, -0.15) is 13.2 Å². The molecule has 0 radical (unpaired) electrons. The molecule has 2 aromatic rings. The molecule has 0 spiro atoms. The molecule has 0 aromatic carbocycles. The number of aromatic amines is 1. The number of hydrogen-bond acceptors (Lipinski definition) is 4. The third-order valence-corrected chi connectivity index (χ3v) is 1.95. The molecule has 0 atom stereocenters. The van der Waals surface area contributed by atoms with Crippen molar-refractivity contribution < 1.29 is 22.4 Å². The van der Waals surface area contributed by atoms with Gasteiger partial charge >= 0.3 is 6.18 Å². The summed E-state index contributed by atoms with van der Waals surface area (Å²) in [6.07, 6.45) is -3.30. The molecular formula is C9H7F3N4O2. The van der Waals surface area contributed by atoms with Gasteiger partial charge in [0.2, 0.25) is 0 Å². The van der Waals surface area contributed by atoms with Crippen LogP contribution in [0.25, 0.3) is 0 Å². The number of nitrogens with zero attached hydrogens (tertiary/aromatic N) is 2. The molecule has 0 aliphatic heterocycles. The SMILES string of the molecule is O=C(NCc1nc(C(F)(F)F)n[nH]1)c1ccco1. The minimum Gasteiger partial charge on any atom is -0.459 e. The average molecular weight is 260 g/mol. The second-order valence-electron chi connectivity index (χ2n) is 3.26. The van der Waals surface area contributed by atoms with Crippen molar-refractivity contribution in [3.05, 3.63) is 35.8 Å². The molecule has 2 aromatic heterocycles. The fraction of sp³-hybridized carbons (Fsp3) is 0.222. The highest BCUT2D eigenvalue weighted by atomic mass is 19.4. The first-order chi connectivity index (χ1) is 8.47. The van der Waals surface area contributed by atoms with Crippen LogP contribution in [0.3, 0.4) is 0 Å². The lowest BCUT2D eigenvalue weighted by Crippen LogP contribution is -2.23. The minimum absolute atomic E-state index is 0.0607. The van der Waals surface area contributed by atoms with Crippen molar-refractivity contribution in [2.75, 3.05) is 0 Å². The van der Waals surface area contributed by atoms with Crippen LogP contribution in [0.15, 0.2) is 22.8 Å². The van der Waals surface area contributed by atoms with Crippen molar-refractivity contribution >= 4 is 5.91 Å². The molecule has 2 N–H and O–H groups in total. The Morgan fingerprint density at radius 2 is 2.28 bits per heavy atom. The summed E-state index contributed by atoms with van der Waals surface area (Å²) in [6.45, 7) is -0.206. The van der Waals surface area contributed by atoms with E-state index in [1.54, 1.807) is 0 Å². The van der Waals surface area contributed by atoms with Crippen molar-refractivity contribution in [3.8, 4) is 0 Å². The molecule has 0 bridgehead atoms. The standard InChI is InChI=1S/C9H7F3N4O2/c10-9(11,12)8-14-6(15-16-8)4-13-7(17)5-2-1-3-18-5/h1-3H,4H2,(H,13,17)(H,14,15,16). The van der Waals surface area contributed by atoms with Gasteiger partial charge in [-0.05, 0) is 12.1 Å². The van der Waals surface area contributed by atoms with Gasteiger partial charge < -0.3 is 9.73 Å². The van der Waals surface area contributed by atoms with Crippen molar-refractivity contribution in [1.82, 2.24) is 20.5 Å². The molecular weight excluding hydrogens is 253 g/mol. The third-order valence-electron chi connectivity index (χ3n) is 1.95. The molecule has 96 valence electrons. The number of amides is 1. The number of hydrogen-bond donors (Lipinski definition) is 2. The fourth-order valence-corrected chi connectivity index (χ4v) is 1.16. The Morgan fingerprint density at radius 3 is 2.83 bits per heavy atom. The van der Waals surface area contributed by atoms with Crippen LogP contribution in [0, 0.1) is 0 Å². The number of alkyl halides is 3. The van der Waals surface area contributed by atoms with Crippen LogP contribution in [0.1, 0.15) is 22.2 Å². The Labute approximate surface area is 98.2 Å². The summed E-state index contributed by atoms with van der Waals surface area (Å²) >= 11 is 0. The average Bonchev–Trinajstić information content (AvgIpc) is 2.96. The first kappa shape index (κ1) is 12.1. The van der Waals surface area contributed by atoms with E-state index in [4.69, 9.17) is 4.42 Å². The van der Waals surface area contributed by atoms with E-state index in [9.17, 15) is 18.0 Å². The number of carbonyl (C=O) groups is 1. The normalized spacial score (nSPS) is 11.5. The fourth-order valence-electron chi connectivity index (χ4n) is 1.16. The van der Waals surface area contributed by atoms with Gasteiger partial charge in [-0.25, -0.2) is 4.98 Å². The maximum Gasteiger partial charge on any atom is 0.453 e. The van der Waals surface area contributed by atoms with Crippen LogP contribution in [0.2, 0.25) is 0 Å². The molecule has 0 unspecified atom stereocenters. The van der Waals surface area contributed by atoms with E-state index in [1.165, 1.54) is 18.4 Å². The minimum atomic E-state index is -4.61. The first-order valence-corrected chi connectivity index (χ1v) is 4.77. The summed E-state index contributed by atoms with van der Waals surface area (Å²) in [4.78, 5) is 14.6. The zero-order valence-electron chi connectivity index (χ0n) is 8.78. The Hall–Kier alpha value is -2.32. The molecule has 0 fully saturated rings. The number of halogens is 3. The molecule has 0 aliphatic carbocycles. The zero-order valence-corrected chi connectivity index (χ0v) is 8.78. The van der Waals surface area contributed by atoms with E-state index in [2.05, 4.69) is 20.5 Å². The molecule has 6 nitrogen and oxygen atoms in total. The summed E-state index contributed by atoms with van der Waals surface area (Å²) in [5.74, 6) is -1.86. The third kappa shape index (κ3) is 2.67. The number of nitrogens with one attached hydrogen (secondary N) is 2. The van der Waals surface area contributed by atoms with Crippen molar-refractivity contribution in [2.24, 2.45) is 0 Å². The van der Waals surface area contributed by atoms with Gasteiger partial charge in [0, 0.05) is 0 Å². The Balaban J connectivity index is 1.95. The number of rotatable bonds is 3. The summed E-state index contributed by atoms with van der Waals surface area (Å²) < 4.78 is 41.3. The second kappa shape index (κ2) is 4.51. The summed E-state index contributed by atoms with van der Waals surface area (Å²) in [6, 6.07) is 2.95. The molecule has 0 aliphatic rings. The molecule has 0 saturated heterocycles. The van der Waals surface area contributed by atoms with Gasteiger partial charge in [-0.3, -0.25) is 9.89 Å². The highest BCUT2D eigenvalue weighted by Gasteiger charge is 2.35. The Morgan fingerprint density at radius 1 is 1.50 bits per heavy atom. The van der Waals surface area contributed by atoms with E-state index < -0.39 is 17.9 Å². The lowest BCUT2D eigenvalue weighted by molar-refractivity contribution is -0.144. The van der Waals surface area contributed by atoms with E-state index in [1.807, 2.05) is 0 Å². The van der Waals surface area contributed by atoms with Crippen LogP contribution in [-0.4, -0.2) is 21.1 Å². The summed E-state index contributed by atoms with van der Waals surface area (Å²) in [5, 5.41) is 7.41. The van der Waals surface area contributed by atoms with E-state index in [0.29, 0.717) is 0 Å². The van der Waals surface area contributed by atoms with Gasteiger partial charge in [0.05, 0.1) is 12.8 Å².